The Bertz CT molecular complexity index is 488. The normalized spacial score (nSPS) is 11.3. The molecule has 0 atom stereocenters. The van der Waals surface area contributed by atoms with E-state index in [4.69, 9.17) is 4.74 Å². The molecule has 2 aromatic rings. The van der Waals surface area contributed by atoms with Gasteiger partial charge in [-0.2, -0.15) is 0 Å². The number of anilines is 1. The van der Waals surface area contributed by atoms with Gasteiger partial charge in [-0.1, -0.05) is 0 Å². The summed E-state index contributed by atoms with van der Waals surface area (Å²) in [6.07, 6.45) is 1.86. The molecule has 2 heterocycles. The number of methoxy groups -OCH3 is 1. The molecule has 0 aromatic carbocycles. The summed E-state index contributed by atoms with van der Waals surface area (Å²) in [5, 5.41) is 6.37. The van der Waals surface area contributed by atoms with Crippen LogP contribution in [0.5, 0.6) is 0 Å². The third-order valence-corrected chi connectivity index (χ3v) is 3.48. The molecule has 0 aliphatic rings. The molecule has 18 heavy (non-hydrogen) atoms. The molecule has 0 unspecified atom stereocenters. The molecule has 0 aliphatic carbocycles. The van der Waals surface area contributed by atoms with E-state index in [0.717, 1.165) is 36.5 Å². The molecule has 0 radical (unpaired) electrons. The predicted molar refractivity (Wildman–Crippen MR) is 75.3 cm³/mol. The van der Waals surface area contributed by atoms with Crippen molar-refractivity contribution in [3.8, 4) is 0 Å². The minimum Gasteiger partial charge on any atom is -0.383 e. The van der Waals surface area contributed by atoms with E-state index in [-0.39, 0.29) is 0 Å². The monoisotopic (exact) mass is 266 g/mol. The number of rotatable bonds is 7. The minimum atomic E-state index is 0.699. The van der Waals surface area contributed by atoms with Crippen molar-refractivity contribution < 1.29 is 4.74 Å². The molecule has 5 nitrogen and oxygen atoms in total. The van der Waals surface area contributed by atoms with Crippen LogP contribution in [-0.2, 0) is 4.74 Å². The first-order valence-electron chi connectivity index (χ1n) is 5.91. The third kappa shape index (κ3) is 3.63. The highest BCUT2D eigenvalue weighted by atomic mass is 32.1. The van der Waals surface area contributed by atoms with Crippen molar-refractivity contribution in [1.29, 1.82) is 0 Å². The zero-order valence-electron chi connectivity index (χ0n) is 10.7. The number of aromatic nitrogens is 2. The molecule has 0 amide bonds. The fourth-order valence-electron chi connectivity index (χ4n) is 1.56. The molecule has 6 heteroatoms. The van der Waals surface area contributed by atoms with E-state index in [9.17, 15) is 0 Å². The largest absolute Gasteiger partial charge is 0.383 e. The maximum atomic E-state index is 5.03. The van der Waals surface area contributed by atoms with Gasteiger partial charge in [0.1, 0.15) is 4.83 Å². The van der Waals surface area contributed by atoms with Gasteiger partial charge in [0.25, 0.3) is 0 Å². The first kappa shape index (κ1) is 13.2. The summed E-state index contributed by atoms with van der Waals surface area (Å²) in [6.45, 7) is 3.46. The van der Waals surface area contributed by atoms with Gasteiger partial charge in [0.05, 0.1) is 6.61 Å². The molecule has 1 N–H and O–H groups in total. The second-order valence-corrected chi connectivity index (χ2v) is 4.99. The molecule has 0 aliphatic heterocycles. The van der Waals surface area contributed by atoms with Gasteiger partial charge in [-0.3, -0.25) is 0 Å². The van der Waals surface area contributed by atoms with E-state index in [1.807, 2.05) is 17.6 Å². The van der Waals surface area contributed by atoms with Crippen molar-refractivity contribution >= 4 is 27.5 Å². The van der Waals surface area contributed by atoms with Gasteiger partial charge in [-0.05, 0) is 18.5 Å². The van der Waals surface area contributed by atoms with Crippen LogP contribution in [0.3, 0.4) is 0 Å². The van der Waals surface area contributed by atoms with Gasteiger partial charge in [0, 0.05) is 38.3 Å². The Balaban J connectivity index is 1.79. The molecule has 2 aromatic heterocycles. The summed E-state index contributed by atoms with van der Waals surface area (Å²) in [7, 11) is 3.79. The van der Waals surface area contributed by atoms with E-state index >= 15 is 0 Å². The number of likely N-dealkylation sites (N-methyl/N-ethyl adjacent to an activating group) is 1. The Labute approximate surface area is 111 Å². The molecule has 0 spiro atoms. The summed E-state index contributed by atoms with van der Waals surface area (Å²) in [5.41, 5.74) is 0. The summed E-state index contributed by atoms with van der Waals surface area (Å²) < 4.78 is 5.03. The number of ether oxygens (including phenoxy) is 1. The second-order valence-electron chi connectivity index (χ2n) is 4.10. The number of thiophene rings is 1. The van der Waals surface area contributed by atoms with Gasteiger partial charge in [0.15, 0.2) is 0 Å². The van der Waals surface area contributed by atoms with Crippen LogP contribution >= 0.6 is 11.3 Å². The lowest BCUT2D eigenvalue weighted by Crippen LogP contribution is -2.28. The third-order valence-electron chi connectivity index (χ3n) is 2.66. The summed E-state index contributed by atoms with van der Waals surface area (Å²) in [5.74, 6) is 0.699. The van der Waals surface area contributed by atoms with Crippen molar-refractivity contribution in [2.24, 2.45) is 0 Å². The Morgan fingerprint density at radius 1 is 1.44 bits per heavy atom. The fourth-order valence-corrected chi connectivity index (χ4v) is 2.30. The first-order valence-corrected chi connectivity index (χ1v) is 6.79. The average molecular weight is 266 g/mol. The van der Waals surface area contributed by atoms with Crippen LogP contribution in [0.25, 0.3) is 10.2 Å². The van der Waals surface area contributed by atoms with Crippen LogP contribution in [0.15, 0.2) is 17.6 Å². The molecule has 0 bridgehead atoms. The molecule has 0 saturated carbocycles. The number of nitrogens with zero attached hydrogens (tertiary/aromatic N) is 3. The summed E-state index contributed by atoms with van der Waals surface area (Å²) in [6, 6.07) is 2.03. The Kier molecular flexibility index (Phi) is 4.86. The predicted octanol–water partition coefficient (Wildman–Crippen LogP) is 1.68. The van der Waals surface area contributed by atoms with Gasteiger partial charge >= 0.3 is 0 Å². The van der Waals surface area contributed by atoms with Crippen molar-refractivity contribution in [2.45, 2.75) is 0 Å². The van der Waals surface area contributed by atoms with Crippen LogP contribution < -0.4 is 5.32 Å². The standard InChI is InChI=1S/C12H18N4OS/c1-16(6-7-17-2)5-4-13-12-14-9-10-3-8-18-11(10)15-12/h3,8-9H,4-7H2,1-2H3,(H,13,14,15). The van der Waals surface area contributed by atoms with Crippen molar-refractivity contribution in [1.82, 2.24) is 14.9 Å². The molecule has 98 valence electrons. The highest BCUT2D eigenvalue weighted by molar-refractivity contribution is 7.16. The van der Waals surface area contributed by atoms with Gasteiger partial charge in [-0.15, -0.1) is 11.3 Å². The van der Waals surface area contributed by atoms with Crippen LogP contribution in [-0.4, -0.2) is 55.3 Å². The zero-order valence-corrected chi connectivity index (χ0v) is 11.5. The molecule has 0 saturated heterocycles. The second kappa shape index (κ2) is 6.63. The van der Waals surface area contributed by atoms with Crippen molar-refractivity contribution in [2.75, 3.05) is 45.7 Å². The maximum absolute atomic E-state index is 5.03. The Morgan fingerprint density at radius 3 is 3.17 bits per heavy atom. The van der Waals surface area contributed by atoms with E-state index in [0.29, 0.717) is 5.95 Å². The van der Waals surface area contributed by atoms with Crippen molar-refractivity contribution in [3.05, 3.63) is 17.6 Å². The zero-order chi connectivity index (χ0) is 12.8. The lowest BCUT2D eigenvalue weighted by molar-refractivity contribution is 0.163. The topological polar surface area (TPSA) is 50.3 Å². The summed E-state index contributed by atoms with van der Waals surface area (Å²) >= 11 is 1.63. The molecular formula is C12H18N4OS. The fraction of sp³-hybridized carbons (Fsp3) is 0.500. The van der Waals surface area contributed by atoms with E-state index < -0.39 is 0 Å². The number of hydrogen-bond donors (Lipinski definition) is 1. The number of fused-ring (bicyclic) bond motifs is 1. The highest BCUT2D eigenvalue weighted by Gasteiger charge is 2.01. The average Bonchev–Trinajstić information content (AvgIpc) is 2.83. The minimum absolute atomic E-state index is 0.699. The van der Waals surface area contributed by atoms with Crippen LogP contribution in [0.1, 0.15) is 0 Å². The Hall–Kier alpha value is -1.24. The SMILES string of the molecule is COCCN(C)CCNc1ncc2ccsc2n1. The van der Waals surface area contributed by atoms with Crippen LogP contribution in [0.4, 0.5) is 5.95 Å². The summed E-state index contributed by atoms with van der Waals surface area (Å²) in [4.78, 5) is 12.0. The number of nitrogens with one attached hydrogen (secondary N) is 1. The highest BCUT2D eigenvalue weighted by Crippen LogP contribution is 2.18. The first-order chi connectivity index (χ1) is 8.79. The van der Waals surface area contributed by atoms with E-state index in [1.54, 1.807) is 18.4 Å². The van der Waals surface area contributed by atoms with E-state index in [2.05, 4.69) is 27.2 Å². The van der Waals surface area contributed by atoms with Gasteiger partial charge < -0.3 is 15.0 Å². The maximum Gasteiger partial charge on any atom is 0.224 e. The molecule has 2 rings (SSSR count). The smallest absolute Gasteiger partial charge is 0.224 e. The Morgan fingerprint density at radius 2 is 2.33 bits per heavy atom. The molecular weight excluding hydrogens is 248 g/mol. The number of hydrogen-bond acceptors (Lipinski definition) is 6. The van der Waals surface area contributed by atoms with Gasteiger partial charge in [-0.25, -0.2) is 9.97 Å². The van der Waals surface area contributed by atoms with Crippen molar-refractivity contribution in [3.63, 3.8) is 0 Å². The lowest BCUT2D eigenvalue weighted by atomic mass is 10.4. The van der Waals surface area contributed by atoms with Crippen LogP contribution in [0, 0.1) is 0 Å². The van der Waals surface area contributed by atoms with E-state index in [1.165, 1.54) is 0 Å². The lowest BCUT2D eigenvalue weighted by Gasteiger charge is -2.15. The molecule has 0 fully saturated rings. The van der Waals surface area contributed by atoms with Gasteiger partial charge in [0.2, 0.25) is 5.95 Å². The van der Waals surface area contributed by atoms with Crippen LogP contribution in [0.2, 0.25) is 0 Å². The quantitative estimate of drug-likeness (QED) is 0.826.